The molecule has 0 radical (unpaired) electrons. The van der Waals surface area contributed by atoms with Crippen molar-refractivity contribution in [2.45, 2.75) is 37.8 Å². The highest BCUT2D eigenvalue weighted by Crippen LogP contribution is 2.52. The number of para-hydroxylation sites is 1. The Morgan fingerprint density at radius 2 is 2.03 bits per heavy atom. The Labute approximate surface area is 215 Å². The molecule has 1 aromatic carbocycles. The summed E-state index contributed by atoms with van der Waals surface area (Å²) in [7, 11) is 0. The number of fused-ring (bicyclic) bond motifs is 2. The van der Waals surface area contributed by atoms with Crippen LogP contribution in [0.4, 0.5) is 13.2 Å². The van der Waals surface area contributed by atoms with E-state index in [-0.39, 0.29) is 5.56 Å². The first kappa shape index (κ1) is 23.8. The second-order valence-electron chi connectivity index (χ2n) is 9.35. The van der Waals surface area contributed by atoms with Crippen LogP contribution in [0.2, 0.25) is 4.34 Å². The SMILES string of the molecule is Cc1nn(-c2c(F)cccc2C2=NCC=N2)cc1CN1CCC2(CC1)OCC(F)(F)c1cc(Cl)sc12. The van der Waals surface area contributed by atoms with Gasteiger partial charge in [-0.05, 0) is 38.0 Å². The predicted molar refractivity (Wildman–Crippen MR) is 134 cm³/mol. The van der Waals surface area contributed by atoms with Crippen LogP contribution in [0.1, 0.15) is 40.1 Å². The van der Waals surface area contributed by atoms with Gasteiger partial charge in [0, 0.05) is 53.6 Å². The van der Waals surface area contributed by atoms with Gasteiger partial charge in [0.1, 0.15) is 23.7 Å². The molecule has 0 unspecified atom stereocenters. The maximum Gasteiger partial charge on any atom is 0.297 e. The number of ether oxygens (including phenoxy) is 1. The number of aromatic nitrogens is 2. The van der Waals surface area contributed by atoms with Gasteiger partial charge in [0.2, 0.25) is 0 Å². The Morgan fingerprint density at radius 3 is 2.78 bits per heavy atom. The minimum absolute atomic E-state index is 0.00575. The number of piperidine rings is 1. The molecular weight excluding hydrogens is 511 g/mol. The number of benzene rings is 1. The summed E-state index contributed by atoms with van der Waals surface area (Å²) in [6.45, 7) is 3.70. The molecule has 188 valence electrons. The van der Waals surface area contributed by atoms with Crippen LogP contribution in [0.15, 0.2) is 40.4 Å². The number of hydrogen-bond acceptors (Lipinski definition) is 6. The molecule has 6 rings (SSSR count). The van der Waals surface area contributed by atoms with Crippen LogP contribution in [0.25, 0.3) is 5.69 Å². The van der Waals surface area contributed by atoms with Gasteiger partial charge in [-0.25, -0.2) is 14.1 Å². The number of halogens is 4. The van der Waals surface area contributed by atoms with E-state index in [4.69, 9.17) is 16.3 Å². The van der Waals surface area contributed by atoms with Crippen LogP contribution in [-0.2, 0) is 22.8 Å². The minimum Gasteiger partial charge on any atom is -0.363 e. The van der Waals surface area contributed by atoms with E-state index in [2.05, 4.69) is 20.0 Å². The van der Waals surface area contributed by atoms with Crippen molar-refractivity contribution in [1.29, 1.82) is 0 Å². The summed E-state index contributed by atoms with van der Waals surface area (Å²) in [5, 5.41) is 4.59. The van der Waals surface area contributed by atoms with E-state index in [9.17, 15) is 13.2 Å². The Kier molecular flexibility index (Phi) is 5.82. The second kappa shape index (κ2) is 8.79. The first-order valence-corrected chi connectivity index (χ1v) is 12.9. The molecule has 2 aromatic heterocycles. The fraction of sp³-hybridized carbons (Fsp3) is 0.400. The molecule has 3 aromatic rings. The van der Waals surface area contributed by atoms with Crippen LogP contribution < -0.4 is 0 Å². The van der Waals surface area contributed by atoms with E-state index in [0.29, 0.717) is 65.3 Å². The topological polar surface area (TPSA) is 55.0 Å². The molecule has 1 saturated heterocycles. The zero-order chi connectivity index (χ0) is 25.1. The average molecular weight is 534 g/mol. The normalized spacial score (nSPS) is 20.6. The lowest BCUT2D eigenvalue weighted by Crippen LogP contribution is -2.48. The molecule has 0 amide bonds. The maximum absolute atomic E-state index is 14.9. The molecule has 3 aliphatic heterocycles. The molecule has 6 nitrogen and oxygen atoms in total. The molecule has 11 heteroatoms. The molecule has 36 heavy (non-hydrogen) atoms. The molecular formula is C25H23ClF3N5OS. The lowest BCUT2D eigenvalue weighted by molar-refractivity contribution is -0.182. The number of aryl methyl sites for hydroxylation is 1. The standard InChI is InChI=1S/C25H23ClF3N5OS/c1-15-16(13-34(32-15)21-17(3-2-4-19(21)27)23-30-7-8-31-23)12-33-9-5-24(6-10-33)22-18(11-20(26)36-22)25(28,29)14-35-24/h2-4,7,11,13H,5-6,8-10,12,14H2,1H3. The van der Waals surface area contributed by atoms with E-state index in [1.165, 1.54) is 23.5 Å². The van der Waals surface area contributed by atoms with Crippen molar-refractivity contribution >= 4 is 35.0 Å². The second-order valence-corrected chi connectivity index (χ2v) is 11.0. The lowest BCUT2D eigenvalue weighted by Gasteiger charge is -2.45. The molecule has 0 N–H and O–H groups in total. The van der Waals surface area contributed by atoms with Crippen molar-refractivity contribution < 1.29 is 17.9 Å². The quantitative estimate of drug-likeness (QED) is 0.446. The van der Waals surface area contributed by atoms with Gasteiger partial charge in [0.05, 0.1) is 16.6 Å². The highest BCUT2D eigenvalue weighted by molar-refractivity contribution is 7.16. The van der Waals surface area contributed by atoms with E-state index in [1.54, 1.807) is 23.0 Å². The third-order valence-corrected chi connectivity index (χ3v) is 8.54. The summed E-state index contributed by atoms with van der Waals surface area (Å²) < 4.78 is 51.5. The average Bonchev–Trinajstić information content (AvgIpc) is 3.59. The number of rotatable bonds is 4. The monoisotopic (exact) mass is 533 g/mol. The summed E-state index contributed by atoms with van der Waals surface area (Å²) in [5.41, 5.74) is 1.95. The van der Waals surface area contributed by atoms with Crippen LogP contribution in [-0.4, -0.2) is 53.0 Å². The van der Waals surface area contributed by atoms with Crippen LogP contribution >= 0.6 is 22.9 Å². The van der Waals surface area contributed by atoms with Crippen molar-refractivity contribution in [3.8, 4) is 5.69 Å². The Hall–Kier alpha value is -2.53. The Morgan fingerprint density at radius 1 is 1.22 bits per heavy atom. The third-order valence-electron chi connectivity index (χ3n) is 7.09. The third kappa shape index (κ3) is 4.00. The molecule has 1 fully saturated rings. The number of thiophene rings is 1. The molecule has 0 aliphatic carbocycles. The fourth-order valence-corrected chi connectivity index (χ4v) is 6.65. The summed E-state index contributed by atoms with van der Waals surface area (Å²) in [4.78, 5) is 11.4. The van der Waals surface area contributed by atoms with Gasteiger partial charge in [-0.1, -0.05) is 17.7 Å². The number of nitrogens with zero attached hydrogens (tertiary/aromatic N) is 5. The fourth-order valence-electron chi connectivity index (χ4n) is 5.17. The van der Waals surface area contributed by atoms with E-state index in [1.807, 2.05) is 13.1 Å². The van der Waals surface area contributed by atoms with Gasteiger partial charge in [-0.3, -0.25) is 9.89 Å². The highest BCUT2D eigenvalue weighted by Gasteiger charge is 2.51. The van der Waals surface area contributed by atoms with Gasteiger partial charge in [-0.15, -0.1) is 11.3 Å². The summed E-state index contributed by atoms with van der Waals surface area (Å²) in [5.74, 6) is -2.93. The van der Waals surface area contributed by atoms with Gasteiger partial charge in [0.15, 0.2) is 5.84 Å². The first-order chi connectivity index (χ1) is 17.3. The minimum atomic E-state index is -3.02. The van der Waals surface area contributed by atoms with Gasteiger partial charge in [-0.2, -0.15) is 13.9 Å². The van der Waals surface area contributed by atoms with Gasteiger partial charge in [0.25, 0.3) is 5.92 Å². The number of amidine groups is 1. The van der Waals surface area contributed by atoms with Gasteiger partial charge >= 0.3 is 0 Å². The van der Waals surface area contributed by atoms with Crippen LogP contribution in [0.5, 0.6) is 0 Å². The van der Waals surface area contributed by atoms with Crippen LogP contribution in [0, 0.1) is 12.7 Å². The van der Waals surface area contributed by atoms with Crippen molar-refractivity contribution in [2.24, 2.45) is 9.98 Å². The molecule has 5 heterocycles. The van der Waals surface area contributed by atoms with E-state index in [0.717, 1.165) is 11.3 Å². The number of hydrogen-bond donors (Lipinski definition) is 0. The van der Waals surface area contributed by atoms with Crippen molar-refractivity contribution in [2.75, 3.05) is 26.2 Å². The zero-order valence-corrected chi connectivity index (χ0v) is 21.1. The van der Waals surface area contributed by atoms with Gasteiger partial charge < -0.3 is 4.74 Å². The molecule has 0 bridgehead atoms. The van der Waals surface area contributed by atoms with E-state index < -0.39 is 23.9 Å². The summed E-state index contributed by atoms with van der Waals surface area (Å²) in [6.07, 6.45) is 4.72. The highest BCUT2D eigenvalue weighted by atomic mass is 35.5. The number of likely N-dealkylation sites (tertiary alicyclic amines) is 1. The largest absolute Gasteiger partial charge is 0.363 e. The number of alkyl halides is 2. The molecule has 0 atom stereocenters. The summed E-state index contributed by atoms with van der Waals surface area (Å²) >= 11 is 7.31. The Bertz CT molecular complexity index is 1390. The van der Waals surface area contributed by atoms with Crippen molar-refractivity contribution in [3.63, 3.8) is 0 Å². The summed E-state index contributed by atoms with van der Waals surface area (Å²) in [6, 6.07) is 6.22. The van der Waals surface area contributed by atoms with Crippen molar-refractivity contribution in [3.05, 3.63) is 67.9 Å². The zero-order valence-electron chi connectivity index (χ0n) is 19.5. The molecule has 0 saturated carbocycles. The lowest BCUT2D eigenvalue weighted by atomic mass is 9.84. The maximum atomic E-state index is 14.9. The molecule has 1 spiro atoms. The Balaban J connectivity index is 1.22. The first-order valence-electron chi connectivity index (χ1n) is 11.7. The predicted octanol–water partition coefficient (Wildman–Crippen LogP) is 5.48. The number of aliphatic imine (C=N–C) groups is 2. The van der Waals surface area contributed by atoms with Crippen molar-refractivity contribution in [1.82, 2.24) is 14.7 Å². The van der Waals surface area contributed by atoms with E-state index >= 15 is 0 Å². The van der Waals surface area contributed by atoms with Crippen LogP contribution in [0.3, 0.4) is 0 Å². The molecule has 3 aliphatic rings. The smallest absolute Gasteiger partial charge is 0.297 e.